The molecule has 0 aliphatic heterocycles. The minimum atomic E-state index is -3.51. The average Bonchev–Trinajstić information content (AvgIpc) is 2.57. The monoisotopic (exact) mass is 361 g/mol. The van der Waals surface area contributed by atoms with E-state index < -0.39 is 15.7 Å². The van der Waals surface area contributed by atoms with Gasteiger partial charge >= 0.3 is 0 Å². The lowest BCUT2D eigenvalue weighted by molar-refractivity contribution is 0.102. The number of sulfone groups is 1. The van der Waals surface area contributed by atoms with Gasteiger partial charge in [0.2, 0.25) is 0 Å². The van der Waals surface area contributed by atoms with Crippen LogP contribution in [0.5, 0.6) is 0 Å². The maximum absolute atomic E-state index is 13.3. The molecule has 0 bridgehead atoms. The first kappa shape index (κ1) is 18.9. The van der Waals surface area contributed by atoms with Crippen LogP contribution < -0.4 is 5.32 Å². The van der Waals surface area contributed by atoms with Gasteiger partial charge in [-0.25, -0.2) is 12.8 Å². The Kier molecular flexibility index (Phi) is 5.74. The zero-order valence-electron chi connectivity index (χ0n) is 14.1. The van der Waals surface area contributed by atoms with Gasteiger partial charge in [0.15, 0.2) is 9.84 Å². The molecule has 1 amide bonds. The van der Waals surface area contributed by atoms with E-state index in [1.54, 1.807) is 19.9 Å². The van der Waals surface area contributed by atoms with Crippen LogP contribution in [0.3, 0.4) is 0 Å². The highest BCUT2D eigenvalue weighted by Gasteiger charge is 2.18. The van der Waals surface area contributed by atoms with Crippen LogP contribution in [0.1, 0.15) is 22.8 Å². The van der Waals surface area contributed by atoms with E-state index in [1.807, 2.05) is 0 Å². The number of carbonyl (C=O) groups is 1. The van der Waals surface area contributed by atoms with Crippen LogP contribution in [-0.2, 0) is 9.84 Å². The molecule has 1 N–H and O–H groups in total. The zero-order valence-corrected chi connectivity index (χ0v) is 14.9. The van der Waals surface area contributed by atoms with E-state index in [0.717, 1.165) is 0 Å². The summed E-state index contributed by atoms with van der Waals surface area (Å²) in [5.74, 6) is -1.08. The third kappa shape index (κ3) is 4.76. The second-order valence-electron chi connectivity index (χ2n) is 5.94. The van der Waals surface area contributed by atoms with Crippen molar-refractivity contribution in [2.45, 2.75) is 18.7 Å². The molecule has 0 fully saturated rings. The number of halogens is 1. The van der Waals surface area contributed by atoms with Gasteiger partial charge in [-0.15, -0.1) is 6.58 Å². The number of rotatable bonds is 6. The highest BCUT2D eigenvalue weighted by molar-refractivity contribution is 7.91. The summed E-state index contributed by atoms with van der Waals surface area (Å²) in [5, 5.41) is 2.64. The Morgan fingerprint density at radius 1 is 1.28 bits per heavy atom. The normalized spacial score (nSPS) is 12.4. The molecule has 132 valence electrons. The van der Waals surface area contributed by atoms with E-state index in [2.05, 4.69) is 11.9 Å². The Morgan fingerprint density at radius 3 is 2.64 bits per heavy atom. The van der Waals surface area contributed by atoms with Crippen molar-refractivity contribution in [3.05, 3.63) is 72.1 Å². The van der Waals surface area contributed by atoms with Crippen molar-refractivity contribution in [3.63, 3.8) is 0 Å². The van der Waals surface area contributed by atoms with Crippen LogP contribution in [0.2, 0.25) is 0 Å². The van der Waals surface area contributed by atoms with Crippen molar-refractivity contribution in [2.24, 2.45) is 5.92 Å². The van der Waals surface area contributed by atoms with Crippen molar-refractivity contribution in [1.29, 1.82) is 0 Å². The predicted molar refractivity (Wildman–Crippen MR) is 96.9 cm³/mol. The molecule has 25 heavy (non-hydrogen) atoms. The summed E-state index contributed by atoms with van der Waals surface area (Å²) in [6.07, 6.45) is 1.57. The van der Waals surface area contributed by atoms with Crippen LogP contribution in [0.25, 0.3) is 0 Å². The fourth-order valence-electron chi connectivity index (χ4n) is 2.27. The first-order valence-corrected chi connectivity index (χ1v) is 9.41. The molecule has 0 spiro atoms. The molecule has 0 aliphatic rings. The van der Waals surface area contributed by atoms with E-state index in [0.29, 0.717) is 11.3 Å². The third-order valence-electron chi connectivity index (χ3n) is 3.76. The molecule has 6 heteroatoms. The molecule has 2 aromatic rings. The first-order valence-electron chi connectivity index (χ1n) is 7.76. The Bertz CT molecular complexity index is 907. The van der Waals surface area contributed by atoms with E-state index in [4.69, 9.17) is 0 Å². The Balaban J connectivity index is 2.24. The Hall–Kier alpha value is -2.47. The van der Waals surface area contributed by atoms with Crippen LogP contribution in [0, 0.1) is 18.7 Å². The van der Waals surface area contributed by atoms with Gasteiger partial charge in [0.25, 0.3) is 5.91 Å². The summed E-state index contributed by atoms with van der Waals surface area (Å²) < 4.78 is 38.1. The summed E-state index contributed by atoms with van der Waals surface area (Å²) in [7, 11) is -3.51. The number of nitrogens with one attached hydrogen (secondary N) is 1. The molecule has 1 atom stereocenters. The third-order valence-corrected chi connectivity index (χ3v) is 5.69. The highest BCUT2D eigenvalue weighted by atomic mass is 32.2. The number of aryl methyl sites for hydroxylation is 1. The molecule has 4 nitrogen and oxygen atoms in total. The van der Waals surface area contributed by atoms with Gasteiger partial charge < -0.3 is 5.32 Å². The van der Waals surface area contributed by atoms with Crippen molar-refractivity contribution in [3.8, 4) is 0 Å². The summed E-state index contributed by atoms with van der Waals surface area (Å²) in [5.41, 5.74) is 1.07. The van der Waals surface area contributed by atoms with Gasteiger partial charge in [-0.3, -0.25) is 4.79 Å². The molecule has 0 radical (unpaired) electrons. The van der Waals surface area contributed by atoms with Crippen molar-refractivity contribution < 1.29 is 17.6 Å². The second kappa shape index (κ2) is 7.61. The summed E-state index contributed by atoms with van der Waals surface area (Å²) in [6.45, 7) is 6.95. The number of carbonyl (C=O) groups excluding carboxylic acids is 1. The molecule has 1 unspecified atom stereocenters. The maximum Gasteiger partial charge on any atom is 0.255 e. The lowest BCUT2D eigenvalue weighted by Gasteiger charge is -2.10. The fourth-order valence-corrected chi connectivity index (χ4v) is 3.88. The topological polar surface area (TPSA) is 63.2 Å². The lowest BCUT2D eigenvalue weighted by Crippen LogP contribution is -2.15. The van der Waals surface area contributed by atoms with Crippen molar-refractivity contribution >= 4 is 21.4 Å². The molecule has 2 rings (SSSR count). The van der Waals surface area contributed by atoms with E-state index >= 15 is 0 Å². The van der Waals surface area contributed by atoms with E-state index in [1.165, 1.54) is 42.5 Å². The number of anilines is 1. The smallest absolute Gasteiger partial charge is 0.255 e. The number of hydrogen-bond donors (Lipinski definition) is 1. The molecular formula is C19H20FNO3S. The summed E-state index contributed by atoms with van der Waals surface area (Å²) in [4.78, 5) is 12.4. The van der Waals surface area contributed by atoms with Gasteiger partial charge in [-0.05, 0) is 54.8 Å². The van der Waals surface area contributed by atoms with Crippen molar-refractivity contribution in [2.75, 3.05) is 11.1 Å². The fraction of sp³-hybridized carbons (Fsp3) is 0.211. The molecule has 2 aromatic carbocycles. The van der Waals surface area contributed by atoms with Crippen LogP contribution in [0.4, 0.5) is 10.1 Å². The predicted octanol–water partition coefficient (Wildman–Crippen LogP) is 3.98. The minimum Gasteiger partial charge on any atom is -0.322 e. The Morgan fingerprint density at radius 2 is 2.00 bits per heavy atom. The van der Waals surface area contributed by atoms with E-state index in [9.17, 15) is 17.6 Å². The molecular weight excluding hydrogens is 341 g/mol. The maximum atomic E-state index is 13.3. The van der Waals surface area contributed by atoms with Gasteiger partial charge in [-0.2, -0.15) is 0 Å². The number of amides is 1. The number of benzene rings is 2. The largest absolute Gasteiger partial charge is 0.322 e. The first-order chi connectivity index (χ1) is 11.7. The van der Waals surface area contributed by atoms with Crippen LogP contribution >= 0.6 is 0 Å². The van der Waals surface area contributed by atoms with Crippen LogP contribution in [0.15, 0.2) is 60.0 Å². The highest BCUT2D eigenvalue weighted by Crippen LogP contribution is 2.18. The summed E-state index contributed by atoms with van der Waals surface area (Å²) in [6, 6.07) is 10.1. The standard InChI is InChI=1S/C19H20FNO3S/c1-4-13(2)12-25(23,24)17-7-5-6-15(11-17)19(22)21-16-8-9-18(20)14(3)10-16/h4-11,13H,1,12H2,2-3H3,(H,21,22). The molecule has 0 aromatic heterocycles. The minimum absolute atomic E-state index is 0.0707. The van der Waals surface area contributed by atoms with Gasteiger partial charge in [0, 0.05) is 11.3 Å². The van der Waals surface area contributed by atoms with Crippen molar-refractivity contribution in [1.82, 2.24) is 0 Å². The molecule has 0 saturated heterocycles. The SMILES string of the molecule is C=CC(C)CS(=O)(=O)c1cccc(C(=O)Nc2ccc(F)c(C)c2)c1. The summed E-state index contributed by atoms with van der Waals surface area (Å²) >= 11 is 0. The number of hydrogen-bond acceptors (Lipinski definition) is 3. The van der Waals surface area contributed by atoms with Gasteiger partial charge in [0.1, 0.15) is 5.82 Å². The lowest BCUT2D eigenvalue weighted by atomic mass is 10.2. The van der Waals surface area contributed by atoms with Crippen LogP contribution in [-0.4, -0.2) is 20.1 Å². The zero-order chi connectivity index (χ0) is 18.6. The molecule has 0 heterocycles. The average molecular weight is 361 g/mol. The number of allylic oxidation sites excluding steroid dienone is 1. The quantitative estimate of drug-likeness (QED) is 0.792. The van der Waals surface area contributed by atoms with E-state index in [-0.39, 0.29) is 27.9 Å². The molecule has 0 aliphatic carbocycles. The van der Waals surface area contributed by atoms with Gasteiger partial charge in [-0.1, -0.05) is 19.1 Å². The second-order valence-corrected chi connectivity index (χ2v) is 7.97. The van der Waals surface area contributed by atoms with Gasteiger partial charge in [0.05, 0.1) is 10.6 Å². The molecule has 0 saturated carbocycles. The Labute approximate surface area is 147 Å².